The summed E-state index contributed by atoms with van der Waals surface area (Å²) in [5.74, 6) is -0.905. The summed E-state index contributed by atoms with van der Waals surface area (Å²) < 4.78 is 18.3. The van der Waals surface area contributed by atoms with Crippen LogP contribution in [0.2, 0.25) is 0 Å². The first-order valence-electron chi connectivity index (χ1n) is 7.06. The predicted octanol–water partition coefficient (Wildman–Crippen LogP) is 2.88. The lowest BCUT2D eigenvalue weighted by molar-refractivity contribution is -0.140. The molecule has 0 aliphatic rings. The molecule has 0 aliphatic carbocycles. The summed E-state index contributed by atoms with van der Waals surface area (Å²) in [5.41, 5.74) is 0.0334. The molecule has 0 saturated carbocycles. The van der Waals surface area contributed by atoms with Crippen LogP contribution in [0.1, 0.15) is 37.0 Å². The van der Waals surface area contributed by atoms with Crippen LogP contribution in [0.25, 0.3) is 0 Å². The zero-order chi connectivity index (χ0) is 15.8. The maximum atomic E-state index is 13.7. The van der Waals surface area contributed by atoms with Crippen molar-refractivity contribution < 1.29 is 18.7 Å². The molecule has 0 saturated heterocycles. The highest BCUT2D eigenvalue weighted by molar-refractivity contribution is 5.94. The second-order valence-corrected chi connectivity index (χ2v) is 5.28. The van der Waals surface area contributed by atoms with E-state index < -0.39 is 11.7 Å². The van der Waals surface area contributed by atoms with Crippen LogP contribution in [-0.2, 0) is 9.53 Å². The van der Waals surface area contributed by atoms with Gasteiger partial charge in [0.25, 0.3) is 5.91 Å². The third-order valence-corrected chi connectivity index (χ3v) is 3.18. The van der Waals surface area contributed by atoms with Crippen molar-refractivity contribution in [3.63, 3.8) is 0 Å². The summed E-state index contributed by atoms with van der Waals surface area (Å²) in [6.45, 7) is 4.81. The summed E-state index contributed by atoms with van der Waals surface area (Å²) in [6.07, 6.45) is 0.899. The van der Waals surface area contributed by atoms with Gasteiger partial charge in [0.2, 0.25) is 0 Å². The lowest BCUT2D eigenvalue weighted by atomic mass is 10.1. The lowest BCUT2D eigenvalue weighted by Gasteiger charge is -2.23. The van der Waals surface area contributed by atoms with E-state index in [1.165, 1.54) is 24.1 Å². The van der Waals surface area contributed by atoms with Gasteiger partial charge >= 0.3 is 5.97 Å². The molecule has 1 aromatic rings. The van der Waals surface area contributed by atoms with E-state index in [0.29, 0.717) is 12.5 Å². The van der Waals surface area contributed by atoms with Gasteiger partial charge in [0.15, 0.2) is 0 Å². The minimum absolute atomic E-state index is 0.0334. The first-order valence-corrected chi connectivity index (χ1v) is 7.06. The Bertz CT molecular complexity index is 488. The van der Waals surface area contributed by atoms with Crippen molar-refractivity contribution in [3.8, 4) is 0 Å². The van der Waals surface area contributed by atoms with Crippen molar-refractivity contribution >= 4 is 11.9 Å². The van der Waals surface area contributed by atoms with Crippen LogP contribution in [0.4, 0.5) is 4.39 Å². The van der Waals surface area contributed by atoms with Gasteiger partial charge < -0.3 is 9.64 Å². The molecule has 1 aromatic carbocycles. The van der Waals surface area contributed by atoms with Crippen LogP contribution in [-0.4, -0.2) is 37.0 Å². The molecule has 0 spiro atoms. The van der Waals surface area contributed by atoms with Crippen molar-refractivity contribution in [2.24, 2.45) is 5.92 Å². The first kappa shape index (κ1) is 17.1. The summed E-state index contributed by atoms with van der Waals surface area (Å²) in [5, 5.41) is 0. The Labute approximate surface area is 124 Å². The Kier molecular flexibility index (Phi) is 6.85. The highest BCUT2D eigenvalue weighted by atomic mass is 19.1. The van der Waals surface area contributed by atoms with Crippen molar-refractivity contribution in [1.82, 2.24) is 4.90 Å². The smallest absolute Gasteiger partial charge is 0.307 e. The number of carbonyl (C=O) groups excluding carboxylic acids is 2. The third kappa shape index (κ3) is 5.53. The number of ether oxygens (including phenoxy) is 1. The second-order valence-electron chi connectivity index (χ2n) is 5.28. The Morgan fingerprint density at radius 1 is 1.24 bits per heavy atom. The van der Waals surface area contributed by atoms with Crippen LogP contribution < -0.4 is 0 Å². The Morgan fingerprint density at radius 2 is 1.90 bits per heavy atom. The maximum absolute atomic E-state index is 13.7. The Hall–Kier alpha value is -1.91. The highest BCUT2D eigenvalue weighted by Gasteiger charge is 2.20. The number of methoxy groups -OCH3 is 1. The van der Waals surface area contributed by atoms with Gasteiger partial charge in [-0.05, 0) is 24.5 Å². The van der Waals surface area contributed by atoms with Crippen LogP contribution in [0.15, 0.2) is 24.3 Å². The molecule has 0 bridgehead atoms. The standard InChI is InChI=1S/C16H22FNO3/c1-12(2)8-10-18(11-9-15(19)21-3)16(20)13-6-4-5-7-14(13)17/h4-7,12H,8-11H2,1-3H3. The SMILES string of the molecule is COC(=O)CCN(CCC(C)C)C(=O)c1ccccc1F. The van der Waals surface area contributed by atoms with Crippen molar-refractivity contribution in [1.29, 1.82) is 0 Å². The molecule has 116 valence electrons. The number of hydrogen-bond acceptors (Lipinski definition) is 3. The predicted molar refractivity (Wildman–Crippen MR) is 78.4 cm³/mol. The quantitative estimate of drug-likeness (QED) is 0.727. The normalized spacial score (nSPS) is 10.5. The molecule has 0 heterocycles. The number of rotatable bonds is 7. The Morgan fingerprint density at radius 3 is 2.48 bits per heavy atom. The molecule has 0 aromatic heterocycles. The topological polar surface area (TPSA) is 46.6 Å². The Balaban J connectivity index is 2.81. The van der Waals surface area contributed by atoms with Crippen LogP contribution >= 0.6 is 0 Å². The fraction of sp³-hybridized carbons (Fsp3) is 0.500. The molecule has 0 unspecified atom stereocenters. The van der Waals surface area contributed by atoms with E-state index in [1.54, 1.807) is 12.1 Å². The molecule has 0 radical (unpaired) electrons. The number of amides is 1. The van der Waals surface area contributed by atoms with Crippen LogP contribution in [0.5, 0.6) is 0 Å². The summed E-state index contributed by atoms with van der Waals surface area (Å²) in [6, 6.07) is 5.88. The number of nitrogens with zero attached hydrogens (tertiary/aromatic N) is 1. The number of esters is 1. The summed E-state index contributed by atoms with van der Waals surface area (Å²) in [7, 11) is 1.31. The van der Waals surface area contributed by atoms with Gasteiger partial charge in [-0.3, -0.25) is 9.59 Å². The first-order chi connectivity index (χ1) is 9.95. The van der Waals surface area contributed by atoms with Crippen molar-refractivity contribution in [2.45, 2.75) is 26.7 Å². The molecule has 1 rings (SSSR count). The lowest BCUT2D eigenvalue weighted by Crippen LogP contribution is -2.35. The molecule has 0 N–H and O–H groups in total. The monoisotopic (exact) mass is 295 g/mol. The van der Waals surface area contributed by atoms with Gasteiger partial charge in [-0.25, -0.2) is 4.39 Å². The fourth-order valence-electron chi connectivity index (χ4n) is 1.86. The zero-order valence-electron chi connectivity index (χ0n) is 12.8. The average Bonchev–Trinajstić information content (AvgIpc) is 2.46. The van der Waals surface area contributed by atoms with E-state index in [0.717, 1.165) is 6.42 Å². The average molecular weight is 295 g/mol. The summed E-state index contributed by atoms with van der Waals surface area (Å²) in [4.78, 5) is 25.2. The number of halogens is 1. The van der Waals surface area contributed by atoms with Crippen molar-refractivity contribution in [2.75, 3.05) is 20.2 Å². The van der Waals surface area contributed by atoms with Crippen LogP contribution in [0, 0.1) is 11.7 Å². The number of hydrogen-bond donors (Lipinski definition) is 0. The fourth-order valence-corrected chi connectivity index (χ4v) is 1.86. The molecule has 1 amide bonds. The summed E-state index contributed by atoms with van der Waals surface area (Å²) >= 11 is 0. The second kappa shape index (κ2) is 8.39. The van der Waals surface area contributed by atoms with E-state index in [4.69, 9.17) is 0 Å². The molecule has 5 heteroatoms. The van der Waals surface area contributed by atoms with Crippen molar-refractivity contribution in [3.05, 3.63) is 35.6 Å². The molecule has 0 aliphatic heterocycles. The van der Waals surface area contributed by atoms with Gasteiger partial charge in [-0.2, -0.15) is 0 Å². The molecule has 0 atom stereocenters. The highest BCUT2D eigenvalue weighted by Crippen LogP contribution is 2.12. The number of carbonyl (C=O) groups is 2. The van der Waals surface area contributed by atoms with Gasteiger partial charge in [-0.1, -0.05) is 26.0 Å². The van der Waals surface area contributed by atoms with E-state index in [9.17, 15) is 14.0 Å². The van der Waals surface area contributed by atoms with E-state index in [2.05, 4.69) is 4.74 Å². The van der Waals surface area contributed by atoms with Crippen LogP contribution in [0.3, 0.4) is 0 Å². The maximum Gasteiger partial charge on any atom is 0.307 e. The van der Waals surface area contributed by atoms with E-state index in [-0.39, 0.29) is 24.5 Å². The molecular formula is C16H22FNO3. The molecular weight excluding hydrogens is 273 g/mol. The zero-order valence-corrected chi connectivity index (χ0v) is 12.8. The molecule has 0 fully saturated rings. The third-order valence-electron chi connectivity index (χ3n) is 3.18. The number of benzene rings is 1. The van der Waals surface area contributed by atoms with Gasteiger partial charge in [0, 0.05) is 13.1 Å². The van der Waals surface area contributed by atoms with Gasteiger partial charge in [0.1, 0.15) is 5.82 Å². The minimum atomic E-state index is -0.546. The van der Waals surface area contributed by atoms with Gasteiger partial charge in [-0.15, -0.1) is 0 Å². The van der Waals surface area contributed by atoms with E-state index >= 15 is 0 Å². The molecule has 4 nitrogen and oxygen atoms in total. The largest absolute Gasteiger partial charge is 0.469 e. The molecule has 21 heavy (non-hydrogen) atoms. The van der Waals surface area contributed by atoms with E-state index in [1.807, 2.05) is 13.8 Å². The minimum Gasteiger partial charge on any atom is -0.469 e. The van der Waals surface area contributed by atoms with Gasteiger partial charge in [0.05, 0.1) is 19.1 Å².